The summed E-state index contributed by atoms with van der Waals surface area (Å²) in [6.45, 7) is 3.13. The summed E-state index contributed by atoms with van der Waals surface area (Å²) in [6.07, 6.45) is 0.329. The molecule has 154 valence electrons. The van der Waals surface area contributed by atoms with E-state index in [1.54, 1.807) is 0 Å². The lowest BCUT2D eigenvalue weighted by Gasteiger charge is -2.45. The Morgan fingerprint density at radius 2 is 1.68 bits per heavy atom. The molecular formula is C19H26F3N4OS+. The fourth-order valence-electron chi connectivity index (χ4n) is 4.27. The van der Waals surface area contributed by atoms with E-state index in [1.807, 2.05) is 4.90 Å². The van der Waals surface area contributed by atoms with Crippen LogP contribution in [0.25, 0.3) is 0 Å². The second kappa shape index (κ2) is 8.24. The van der Waals surface area contributed by atoms with Crippen molar-refractivity contribution in [2.75, 3.05) is 31.5 Å². The van der Waals surface area contributed by atoms with E-state index >= 15 is 0 Å². The van der Waals surface area contributed by atoms with Gasteiger partial charge in [0.1, 0.15) is 0 Å². The lowest BCUT2D eigenvalue weighted by atomic mass is 9.83. The average Bonchev–Trinajstić information content (AvgIpc) is 2.68. The SMILES string of the molecule is NC(=O)C1([NH+]2CCCCC2)CCN(C(=S)Nc2ccc(C(F)(F)F)cc2)CC1. The van der Waals surface area contributed by atoms with Gasteiger partial charge in [0.2, 0.25) is 0 Å². The fourth-order valence-corrected chi connectivity index (χ4v) is 4.57. The molecule has 28 heavy (non-hydrogen) atoms. The van der Waals surface area contributed by atoms with Crippen molar-refractivity contribution >= 4 is 28.9 Å². The van der Waals surface area contributed by atoms with Crippen molar-refractivity contribution < 1.29 is 22.9 Å². The number of benzene rings is 1. The summed E-state index contributed by atoms with van der Waals surface area (Å²) in [5, 5.41) is 3.44. The number of anilines is 1. The van der Waals surface area contributed by atoms with E-state index in [9.17, 15) is 18.0 Å². The lowest BCUT2D eigenvalue weighted by Crippen LogP contribution is -3.22. The molecule has 1 aromatic carbocycles. The Morgan fingerprint density at radius 1 is 1.11 bits per heavy atom. The first kappa shape index (κ1) is 20.9. The number of quaternary nitrogens is 1. The van der Waals surface area contributed by atoms with Gasteiger partial charge in [0.15, 0.2) is 10.7 Å². The molecule has 0 saturated carbocycles. The zero-order valence-electron chi connectivity index (χ0n) is 15.6. The van der Waals surface area contributed by atoms with Gasteiger partial charge >= 0.3 is 6.18 Å². The number of primary amides is 1. The van der Waals surface area contributed by atoms with E-state index in [-0.39, 0.29) is 5.91 Å². The molecule has 0 bridgehead atoms. The smallest absolute Gasteiger partial charge is 0.364 e. The lowest BCUT2D eigenvalue weighted by molar-refractivity contribution is -0.948. The maximum Gasteiger partial charge on any atom is 0.416 e. The molecule has 2 saturated heterocycles. The summed E-state index contributed by atoms with van der Waals surface area (Å²) in [6, 6.07) is 4.78. The van der Waals surface area contributed by atoms with Crippen LogP contribution < -0.4 is 16.0 Å². The number of hydrogen-bond acceptors (Lipinski definition) is 2. The topological polar surface area (TPSA) is 62.8 Å². The van der Waals surface area contributed by atoms with Crippen molar-refractivity contribution in [1.82, 2.24) is 4.90 Å². The molecule has 1 aromatic rings. The van der Waals surface area contributed by atoms with Gasteiger partial charge in [-0.15, -0.1) is 0 Å². The zero-order valence-corrected chi connectivity index (χ0v) is 16.5. The van der Waals surface area contributed by atoms with Crippen LogP contribution in [0.2, 0.25) is 0 Å². The number of likely N-dealkylation sites (tertiary alicyclic amines) is 2. The monoisotopic (exact) mass is 415 g/mol. The van der Waals surface area contributed by atoms with Gasteiger partial charge in [0, 0.05) is 31.6 Å². The van der Waals surface area contributed by atoms with Crippen LogP contribution in [0.15, 0.2) is 24.3 Å². The van der Waals surface area contributed by atoms with Gasteiger partial charge in [0.05, 0.1) is 18.7 Å². The van der Waals surface area contributed by atoms with Gasteiger partial charge < -0.3 is 20.9 Å². The number of hydrogen-bond donors (Lipinski definition) is 3. The highest BCUT2D eigenvalue weighted by Crippen LogP contribution is 2.30. The second-order valence-electron chi connectivity index (χ2n) is 7.60. The maximum atomic E-state index is 12.7. The normalized spacial score (nSPS) is 20.6. The quantitative estimate of drug-likeness (QED) is 0.659. The third kappa shape index (κ3) is 4.41. The number of nitrogens with one attached hydrogen (secondary N) is 2. The van der Waals surface area contributed by atoms with Gasteiger partial charge in [0.25, 0.3) is 5.91 Å². The van der Waals surface area contributed by atoms with Crippen LogP contribution in [0, 0.1) is 0 Å². The Morgan fingerprint density at radius 3 is 2.18 bits per heavy atom. The van der Waals surface area contributed by atoms with Crippen LogP contribution in [0.5, 0.6) is 0 Å². The predicted octanol–water partition coefficient (Wildman–Crippen LogP) is 1.79. The molecule has 5 nitrogen and oxygen atoms in total. The Bertz CT molecular complexity index is 709. The maximum absolute atomic E-state index is 12.7. The van der Waals surface area contributed by atoms with Crippen molar-refractivity contribution in [2.24, 2.45) is 5.73 Å². The molecule has 0 radical (unpaired) electrons. The minimum atomic E-state index is -4.36. The second-order valence-corrected chi connectivity index (χ2v) is 7.99. The van der Waals surface area contributed by atoms with Gasteiger partial charge in [-0.05, 0) is 55.7 Å². The van der Waals surface area contributed by atoms with E-state index < -0.39 is 17.3 Å². The summed E-state index contributed by atoms with van der Waals surface area (Å²) in [5.74, 6) is -0.245. The third-order valence-electron chi connectivity index (χ3n) is 5.97. The van der Waals surface area contributed by atoms with E-state index in [0.717, 1.165) is 38.1 Å². The first-order valence-electron chi connectivity index (χ1n) is 9.61. The molecule has 0 spiro atoms. The number of nitrogens with two attached hydrogens (primary N) is 1. The molecule has 2 aliphatic rings. The summed E-state index contributed by atoms with van der Waals surface area (Å²) < 4.78 is 38.0. The standard InChI is InChI=1S/C19H25F3N4OS/c20-19(21,22)14-4-6-15(7-5-14)24-17(28)25-12-8-18(9-13-25,16(23)27)26-10-2-1-3-11-26/h4-7H,1-3,8-13H2,(H2,23,27)(H,24,28)/p+1. The molecule has 2 aliphatic heterocycles. The predicted molar refractivity (Wildman–Crippen MR) is 105 cm³/mol. The van der Waals surface area contributed by atoms with Gasteiger partial charge in [-0.3, -0.25) is 4.79 Å². The van der Waals surface area contributed by atoms with Crippen LogP contribution in [0.4, 0.5) is 18.9 Å². The summed E-state index contributed by atoms with van der Waals surface area (Å²) >= 11 is 5.43. The van der Waals surface area contributed by atoms with Crippen LogP contribution in [-0.2, 0) is 11.0 Å². The Hall–Kier alpha value is -1.87. The van der Waals surface area contributed by atoms with E-state index in [4.69, 9.17) is 18.0 Å². The van der Waals surface area contributed by atoms with Crippen LogP contribution >= 0.6 is 12.2 Å². The van der Waals surface area contributed by atoms with Crippen LogP contribution in [-0.4, -0.2) is 47.6 Å². The van der Waals surface area contributed by atoms with Crippen molar-refractivity contribution in [3.63, 3.8) is 0 Å². The number of thiocarbonyl (C=S) groups is 1. The summed E-state index contributed by atoms with van der Waals surface area (Å²) in [4.78, 5) is 15.5. The summed E-state index contributed by atoms with van der Waals surface area (Å²) in [5.41, 5.74) is 5.08. The molecule has 0 unspecified atom stereocenters. The summed E-state index contributed by atoms with van der Waals surface area (Å²) in [7, 11) is 0. The Kier molecular flexibility index (Phi) is 6.14. The zero-order chi connectivity index (χ0) is 20.4. The fraction of sp³-hybridized carbons (Fsp3) is 0.579. The Balaban J connectivity index is 1.60. The Labute approximate surface area is 168 Å². The third-order valence-corrected chi connectivity index (χ3v) is 6.33. The molecule has 2 heterocycles. The van der Waals surface area contributed by atoms with Crippen molar-refractivity contribution in [3.05, 3.63) is 29.8 Å². The van der Waals surface area contributed by atoms with Gasteiger partial charge in [-0.2, -0.15) is 13.2 Å². The number of carbonyl (C=O) groups is 1. The number of amides is 1. The minimum absolute atomic E-state index is 0.245. The van der Waals surface area contributed by atoms with Crippen molar-refractivity contribution in [3.8, 4) is 0 Å². The molecule has 3 rings (SSSR count). The van der Waals surface area contributed by atoms with Gasteiger partial charge in [-0.1, -0.05) is 0 Å². The van der Waals surface area contributed by atoms with Crippen molar-refractivity contribution in [2.45, 2.75) is 43.8 Å². The molecule has 9 heteroatoms. The first-order valence-corrected chi connectivity index (χ1v) is 10.0. The highest BCUT2D eigenvalue weighted by molar-refractivity contribution is 7.80. The number of carbonyl (C=O) groups excluding carboxylic acids is 1. The van der Waals surface area contributed by atoms with E-state index in [1.165, 1.54) is 23.5 Å². The van der Waals surface area contributed by atoms with E-state index in [2.05, 4.69) is 5.32 Å². The van der Waals surface area contributed by atoms with Crippen molar-refractivity contribution in [1.29, 1.82) is 0 Å². The van der Waals surface area contributed by atoms with Gasteiger partial charge in [-0.25, -0.2) is 0 Å². The number of alkyl halides is 3. The highest BCUT2D eigenvalue weighted by atomic mass is 32.1. The highest BCUT2D eigenvalue weighted by Gasteiger charge is 2.49. The number of piperidine rings is 2. The molecule has 0 aliphatic carbocycles. The van der Waals surface area contributed by atoms with Crippen LogP contribution in [0.1, 0.15) is 37.7 Å². The number of rotatable bonds is 3. The first-order chi connectivity index (χ1) is 13.2. The minimum Gasteiger partial charge on any atom is -0.364 e. The number of nitrogens with zero attached hydrogens (tertiary/aromatic N) is 1. The molecular weight excluding hydrogens is 389 g/mol. The average molecular weight is 416 g/mol. The largest absolute Gasteiger partial charge is 0.416 e. The molecule has 0 aromatic heterocycles. The molecule has 0 atom stereocenters. The van der Waals surface area contributed by atoms with E-state index in [0.29, 0.717) is 36.7 Å². The molecule has 4 N–H and O–H groups in total. The molecule has 2 fully saturated rings. The van der Waals surface area contributed by atoms with Crippen LogP contribution in [0.3, 0.4) is 0 Å². The molecule has 1 amide bonds. The number of halogens is 3.